The molecule has 3 heterocycles. The number of H-pyrrole nitrogens is 1. The number of nitrogens with zero attached hydrogens (tertiary/aromatic N) is 3. The molecule has 10 heteroatoms. The zero-order chi connectivity index (χ0) is 18.7. The van der Waals surface area contributed by atoms with Crippen LogP contribution in [0.5, 0.6) is 0 Å². The molecule has 9 nitrogen and oxygen atoms in total. The number of nitrogens with one attached hydrogen (secondary N) is 1. The summed E-state index contributed by atoms with van der Waals surface area (Å²) in [6, 6.07) is -1.29. The maximum absolute atomic E-state index is 11.9. The maximum atomic E-state index is 11.9. The number of carbonyl (C=O) groups is 3. The molecule has 2 aliphatic heterocycles. The molecule has 1 fully saturated rings. The van der Waals surface area contributed by atoms with Gasteiger partial charge in [-0.25, -0.2) is 9.78 Å². The van der Waals surface area contributed by atoms with E-state index in [0.717, 1.165) is 36.4 Å². The van der Waals surface area contributed by atoms with Crippen molar-refractivity contribution in [3.8, 4) is 0 Å². The van der Waals surface area contributed by atoms with Gasteiger partial charge in [0.05, 0.1) is 35.7 Å². The second-order valence-corrected chi connectivity index (χ2v) is 7.87. The summed E-state index contributed by atoms with van der Waals surface area (Å²) < 4.78 is 0. The van der Waals surface area contributed by atoms with Crippen LogP contribution in [0, 0.1) is 0 Å². The lowest BCUT2D eigenvalue weighted by Crippen LogP contribution is -2.59. The zero-order valence-electron chi connectivity index (χ0n) is 14.3. The van der Waals surface area contributed by atoms with Crippen molar-refractivity contribution in [1.82, 2.24) is 19.8 Å². The number of aromatic nitrogens is 2. The molecule has 3 rings (SSSR count). The average Bonchev–Trinajstić information content (AvgIpc) is 3.08. The minimum absolute atomic E-state index is 0.190. The van der Waals surface area contributed by atoms with E-state index in [2.05, 4.69) is 14.9 Å². The monoisotopic (exact) mass is 381 g/mol. The van der Waals surface area contributed by atoms with Crippen LogP contribution >= 0.6 is 11.8 Å². The number of aromatic amines is 1. The molecule has 2 aliphatic rings. The smallest absolute Gasteiger partial charge is 0.327 e. The van der Waals surface area contributed by atoms with E-state index in [0.29, 0.717) is 19.4 Å². The van der Waals surface area contributed by atoms with Gasteiger partial charge in [-0.15, -0.1) is 11.8 Å². The Morgan fingerprint density at radius 2 is 2.35 bits per heavy atom. The van der Waals surface area contributed by atoms with Gasteiger partial charge in [-0.05, 0) is 18.6 Å². The first-order valence-electron chi connectivity index (χ1n) is 8.63. The standard InChI is InChI=1S/C16H23N5O4S/c17-13(23)6-12(16(24)25)21(9-22)14-5-10-11(19-8-18-10)7-20(14)15-3-1-2-4-26-15/h8-9,12,14-15H,1-7H2,(H2,17,23)(H,18,19)(H,24,25)/t12-,14+,15?/m0/s1. The Morgan fingerprint density at radius 3 is 2.96 bits per heavy atom. The number of amides is 2. The largest absolute Gasteiger partial charge is 0.480 e. The van der Waals surface area contributed by atoms with Gasteiger partial charge in [-0.3, -0.25) is 14.5 Å². The fourth-order valence-corrected chi connectivity index (χ4v) is 5.04. The molecule has 0 spiro atoms. The summed E-state index contributed by atoms with van der Waals surface area (Å²) in [5.41, 5.74) is 7.02. The predicted octanol–water partition coefficient (Wildman–Crippen LogP) is 0.124. The van der Waals surface area contributed by atoms with E-state index in [1.165, 1.54) is 4.90 Å². The van der Waals surface area contributed by atoms with Crippen molar-refractivity contribution in [2.45, 2.75) is 56.2 Å². The van der Waals surface area contributed by atoms with E-state index < -0.39 is 30.5 Å². The van der Waals surface area contributed by atoms with Crippen LogP contribution in [0.25, 0.3) is 0 Å². The minimum Gasteiger partial charge on any atom is -0.480 e. The summed E-state index contributed by atoms with van der Waals surface area (Å²) in [7, 11) is 0. The molecule has 142 valence electrons. The number of nitrogens with two attached hydrogens (primary N) is 1. The van der Waals surface area contributed by atoms with Crippen molar-refractivity contribution in [1.29, 1.82) is 0 Å². The first-order chi connectivity index (χ1) is 12.5. The topological polar surface area (TPSA) is 133 Å². The fraction of sp³-hybridized carbons (Fsp3) is 0.625. The molecule has 3 atom stereocenters. The highest BCUT2D eigenvalue weighted by Gasteiger charge is 2.41. The average molecular weight is 381 g/mol. The highest BCUT2D eigenvalue weighted by atomic mass is 32.2. The molecule has 0 radical (unpaired) electrons. The summed E-state index contributed by atoms with van der Waals surface area (Å²) in [6.07, 6.45) is 4.89. The van der Waals surface area contributed by atoms with E-state index in [-0.39, 0.29) is 5.37 Å². The molecule has 2 amide bonds. The maximum Gasteiger partial charge on any atom is 0.327 e. The number of hydrogen-bond acceptors (Lipinski definition) is 6. The molecule has 0 bridgehead atoms. The Bertz CT molecular complexity index is 675. The van der Waals surface area contributed by atoms with Gasteiger partial charge in [0, 0.05) is 13.0 Å². The number of hydrogen-bond donors (Lipinski definition) is 3. The van der Waals surface area contributed by atoms with Gasteiger partial charge in [0.25, 0.3) is 0 Å². The van der Waals surface area contributed by atoms with Crippen molar-refractivity contribution in [2.24, 2.45) is 5.73 Å². The molecule has 26 heavy (non-hydrogen) atoms. The van der Waals surface area contributed by atoms with Crippen molar-refractivity contribution in [2.75, 3.05) is 5.75 Å². The fourth-order valence-electron chi connectivity index (χ4n) is 3.66. The molecule has 1 aromatic heterocycles. The number of carbonyl (C=O) groups excluding carboxylic acids is 2. The number of primary amides is 1. The van der Waals surface area contributed by atoms with Crippen LogP contribution in [0.2, 0.25) is 0 Å². The molecule has 0 aliphatic carbocycles. The highest BCUT2D eigenvalue weighted by molar-refractivity contribution is 7.99. The normalized spacial score (nSPS) is 24.5. The molecule has 1 unspecified atom stereocenters. The van der Waals surface area contributed by atoms with Crippen molar-refractivity contribution < 1.29 is 19.5 Å². The minimum atomic E-state index is -1.29. The Labute approximate surface area is 155 Å². The van der Waals surface area contributed by atoms with Crippen LogP contribution in [0.3, 0.4) is 0 Å². The van der Waals surface area contributed by atoms with E-state index in [4.69, 9.17) is 5.73 Å². The van der Waals surface area contributed by atoms with Gasteiger partial charge >= 0.3 is 5.97 Å². The third kappa shape index (κ3) is 3.85. The number of carboxylic acids is 1. The highest BCUT2D eigenvalue weighted by Crippen LogP contribution is 2.35. The van der Waals surface area contributed by atoms with Crippen LogP contribution in [-0.4, -0.2) is 66.5 Å². The second-order valence-electron chi connectivity index (χ2n) is 6.58. The van der Waals surface area contributed by atoms with Crippen molar-refractivity contribution >= 4 is 30.0 Å². The number of carboxylic acid groups (broad SMARTS) is 1. The van der Waals surface area contributed by atoms with E-state index in [9.17, 15) is 19.5 Å². The summed E-state index contributed by atoms with van der Waals surface area (Å²) in [5, 5.41) is 9.74. The summed E-state index contributed by atoms with van der Waals surface area (Å²) in [6.45, 7) is 0.560. The van der Waals surface area contributed by atoms with Crippen molar-refractivity contribution in [3.05, 3.63) is 17.7 Å². The number of aliphatic carboxylic acids is 1. The summed E-state index contributed by atoms with van der Waals surface area (Å²) in [4.78, 5) is 45.7. The Morgan fingerprint density at radius 1 is 1.54 bits per heavy atom. The Hall–Kier alpha value is -2.07. The van der Waals surface area contributed by atoms with Crippen molar-refractivity contribution in [3.63, 3.8) is 0 Å². The van der Waals surface area contributed by atoms with Gasteiger partial charge in [0.15, 0.2) is 0 Å². The van der Waals surface area contributed by atoms with Crippen LogP contribution in [0.4, 0.5) is 0 Å². The zero-order valence-corrected chi connectivity index (χ0v) is 15.2. The predicted molar refractivity (Wildman–Crippen MR) is 94.9 cm³/mol. The molecular formula is C16H23N5O4S. The number of rotatable bonds is 7. The first-order valence-corrected chi connectivity index (χ1v) is 9.68. The number of fused-ring (bicyclic) bond motifs is 1. The first kappa shape index (κ1) is 18.7. The lowest BCUT2D eigenvalue weighted by molar-refractivity contribution is -0.153. The molecular weight excluding hydrogens is 358 g/mol. The van der Waals surface area contributed by atoms with Gasteiger partial charge < -0.3 is 20.7 Å². The van der Waals surface area contributed by atoms with E-state index >= 15 is 0 Å². The van der Waals surface area contributed by atoms with Crippen LogP contribution in [0.1, 0.15) is 37.1 Å². The lowest BCUT2D eigenvalue weighted by atomic mass is 10.0. The Kier molecular flexibility index (Phi) is 5.82. The molecule has 1 aromatic rings. The van der Waals surface area contributed by atoms with Gasteiger partial charge in [0.2, 0.25) is 12.3 Å². The van der Waals surface area contributed by atoms with Crippen LogP contribution in [0.15, 0.2) is 6.33 Å². The lowest BCUT2D eigenvalue weighted by Gasteiger charge is -2.46. The SMILES string of the molecule is NC(=O)C[C@@H](C(=O)O)N(C=O)[C@@H]1Cc2nc[nH]c2CN1C1CCCCS1. The summed E-state index contributed by atoms with van der Waals surface area (Å²) in [5.74, 6) is -0.951. The molecule has 1 saturated heterocycles. The van der Waals surface area contributed by atoms with Gasteiger partial charge in [-0.2, -0.15) is 0 Å². The third-order valence-corrected chi connectivity index (χ3v) is 6.35. The van der Waals surface area contributed by atoms with Gasteiger partial charge in [0.1, 0.15) is 6.04 Å². The molecule has 0 saturated carbocycles. The third-order valence-electron chi connectivity index (χ3n) is 4.94. The second kappa shape index (κ2) is 8.09. The Balaban J connectivity index is 1.92. The number of imidazole rings is 1. The van der Waals surface area contributed by atoms with Gasteiger partial charge in [-0.1, -0.05) is 6.42 Å². The van der Waals surface area contributed by atoms with E-state index in [1.807, 2.05) is 11.8 Å². The molecule has 0 aromatic carbocycles. The van der Waals surface area contributed by atoms with Crippen LogP contribution < -0.4 is 5.73 Å². The van der Waals surface area contributed by atoms with Crippen LogP contribution in [-0.2, 0) is 27.3 Å². The quantitative estimate of drug-likeness (QED) is 0.572. The summed E-state index contributed by atoms with van der Waals surface area (Å²) >= 11 is 1.82. The van der Waals surface area contributed by atoms with E-state index in [1.54, 1.807) is 6.33 Å². The molecule has 4 N–H and O–H groups in total. The number of thioether (sulfide) groups is 1.